The van der Waals surface area contributed by atoms with Crippen LogP contribution in [0.4, 0.5) is 0 Å². The zero-order chi connectivity index (χ0) is 7.40. The molecule has 2 unspecified atom stereocenters. The van der Waals surface area contributed by atoms with Crippen molar-refractivity contribution in [1.82, 2.24) is 0 Å². The molecule has 0 N–H and O–H groups in total. The van der Waals surface area contributed by atoms with Gasteiger partial charge in [0.15, 0.2) is 0 Å². The predicted molar refractivity (Wildman–Crippen MR) is 49.5 cm³/mol. The maximum Gasteiger partial charge on any atom is 0.00340 e. The highest BCUT2D eigenvalue weighted by Gasteiger charge is 2.34. The second-order valence-corrected chi connectivity index (χ2v) is 4.17. The van der Waals surface area contributed by atoms with Gasteiger partial charge in [-0.25, -0.2) is 0 Å². The average molecular weight is 205 g/mol. The van der Waals surface area contributed by atoms with E-state index in [-0.39, 0.29) is 0 Å². The molecule has 1 rings (SSSR count). The molecule has 0 amide bonds. The minimum atomic E-state index is 1.09. The van der Waals surface area contributed by atoms with Crippen LogP contribution in [0.2, 0.25) is 0 Å². The summed E-state index contributed by atoms with van der Waals surface area (Å²) in [6.07, 6.45) is 7.25. The topological polar surface area (TPSA) is 0 Å². The van der Waals surface area contributed by atoms with Gasteiger partial charge in [0, 0.05) is 5.33 Å². The summed E-state index contributed by atoms with van der Waals surface area (Å²) in [7, 11) is 0. The number of unbranched alkanes of at least 4 members (excludes halogenated alkanes) is 1. The fourth-order valence-corrected chi connectivity index (χ4v) is 2.21. The molecule has 1 aliphatic carbocycles. The van der Waals surface area contributed by atoms with Crippen LogP contribution in [0.5, 0.6) is 0 Å². The van der Waals surface area contributed by atoms with E-state index in [0.29, 0.717) is 0 Å². The molecule has 0 bridgehead atoms. The smallest absolute Gasteiger partial charge is 0.00340 e. The summed E-state index contributed by atoms with van der Waals surface area (Å²) >= 11 is 3.49. The number of rotatable bonds is 5. The molecular weight excluding hydrogens is 188 g/mol. The first-order chi connectivity index (χ1) is 4.88. The molecule has 10 heavy (non-hydrogen) atoms. The molecule has 0 aromatic heterocycles. The number of halogens is 1. The Bertz CT molecular complexity index is 90.7. The lowest BCUT2D eigenvalue weighted by molar-refractivity contribution is 0.596. The lowest BCUT2D eigenvalue weighted by Gasteiger charge is -1.94. The van der Waals surface area contributed by atoms with E-state index in [4.69, 9.17) is 0 Å². The Hall–Kier alpha value is 0.480. The van der Waals surface area contributed by atoms with Gasteiger partial charge in [0.2, 0.25) is 0 Å². The van der Waals surface area contributed by atoms with Crippen molar-refractivity contribution >= 4 is 15.9 Å². The summed E-state index contributed by atoms with van der Waals surface area (Å²) in [4.78, 5) is 0. The lowest BCUT2D eigenvalue weighted by Crippen LogP contribution is -1.83. The van der Waals surface area contributed by atoms with Crippen molar-refractivity contribution in [2.24, 2.45) is 11.8 Å². The molecular formula is C9H17Br. The second kappa shape index (κ2) is 4.38. The van der Waals surface area contributed by atoms with Crippen molar-refractivity contribution in [3.05, 3.63) is 0 Å². The predicted octanol–water partition coefficient (Wildman–Crippen LogP) is 3.60. The molecule has 60 valence electrons. The molecule has 1 fully saturated rings. The molecule has 0 nitrogen and oxygen atoms in total. The van der Waals surface area contributed by atoms with Gasteiger partial charge in [-0.05, 0) is 24.7 Å². The Morgan fingerprint density at radius 3 is 2.60 bits per heavy atom. The zero-order valence-electron chi connectivity index (χ0n) is 6.78. The number of alkyl halides is 1. The van der Waals surface area contributed by atoms with Gasteiger partial charge in [0.25, 0.3) is 0 Å². The summed E-state index contributed by atoms with van der Waals surface area (Å²) in [5.41, 5.74) is 0. The summed E-state index contributed by atoms with van der Waals surface area (Å²) in [5.74, 6) is 2.20. The molecule has 0 aliphatic heterocycles. The quantitative estimate of drug-likeness (QED) is 0.601. The molecule has 0 aromatic rings. The summed E-state index contributed by atoms with van der Waals surface area (Å²) in [6.45, 7) is 2.28. The van der Waals surface area contributed by atoms with Crippen LogP contribution in [-0.2, 0) is 0 Å². The Kier molecular flexibility index (Phi) is 3.75. The normalized spacial score (nSPS) is 30.6. The molecule has 1 saturated carbocycles. The Balaban J connectivity index is 1.92. The van der Waals surface area contributed by atoms with E-state index in [1.807, 2.05) is 0 Å². The van der Waals surface area contributed by atoms with Gasteiger partial charge in [-0.2, -0.15) is 0 Å². The van der Waals surface area contributed by atoms with Crippen molar-refractivity contribution in [3.8, 4) is 0 Å². The third kappa shape index (κ3) is 2.61. The maximum absolute atomic E-state index is 3.49. The first-order valence-corrected chi connectivity index (χ1v) is 5.56. The molecule has 1 heteroatoms. The Morgan fingerprint density at radius 1 is 1.30 bits per heavy atom. The highest BCUT2D eigenvalue weighted by Crippen LogP contribution is 2.44. The van der Waals surface area contributed by atoms with Crippen molar-refractivity contribution < 1.29 is 0 Å². The molecule has 0 saturated heterocycles. The Morgan fingerprint density at radius 2 is 2.00 bits per heavy atom. The first kappa shape index (κ1) is 8.58. The summed E-state index contributed by atoms with van der Waals surface area (Å²) in [5, 5.41) is 1.21. The van der Waals surface area contributed by atoms with Crippen LogP contribution in [0, 0.1) is 11.8 Å². The van der Waals surface area contributed by atoms with E-state index in [2.05, 4.69) is 22.9 Å². The highest BCUT2D eigenvalue weighted by molar-refractivity contribution is 9.09. The molecule has 0 spiro atoms. The van der Waals surface area contributed by atoms with E-state index in [0.717, 1.165) is 11.8 Å². The van der Waals surface area contributed by atoms with E-state index in [1.54, 1.807) is 0 Å². The minimum Gasteiger partial charge on any atom is -0.0928 e. The fraction of sp³-hybridized carbons (Fsp3) is 1.00. The van der Waals surface area contributed by atoms with E-state index < -0.39 is 0 Å². The summed E-state index contributed by atoms with van der Waals surface area (Å²) < 4.78 is 0. The third-order valence-electron chi connectivity index (χ3n) is 2.48. The first-order valence-electron chi connectivity index (χ1n) is 4.44. The average Bonchev–Trinajstić information content (AvgIpc) is 2.65. The SMILES string of the molecule is CCCCC1CC1CCBr. The van der Waals surface area contributed by atoms with E-state index >= 15 is 0 Å². The van der Waals surface area contributed by atoms with Crippen LogP contribution in [-0.4, -0.2) is 5.33 Å². The maximum atomic E-state index is 3.49. The number of hydrogen-bond donors (Lipinski definition) is 0. The van der Waals surface area contributed by atoms with Crippen LogP contribution < -0.4 is 0 Å². The largest absolute Gasteiger partial charge is 0.0928 e. The molecule has 0 heterocycles. The van der Waals surface area contributed by atoms with Crippen LogP contribution in [0.3, 0.4) is 0 Å². The molecule has 0 aromatic carbocycles. The summed E-state index contributed by atoms with van der Waals surface area (Å²) in [6, 6.07) is 0. The van der Waals surface area contributed by atoms with Crippen molar-refractivity contribution in [1.29, 1.82) is 0 Å². The minimum absolute atomic E-state index is 1.09. The van der Waals surface area contributed by atoms with Crippen LogP contribution >= 0.6 is 15.9 Å². The van der Waals surface area contributed by atoms with E-state index in [9.17, 15) is 0 Å². The van der Waals surface area contributed by atoms with Crippen molar-refractivity contribution in [2.75, 3.05) is 5.33 Å². The third-order valence-corrected chi connectivity index (χ3v) is 2.94. The number of hydrogen-bond acceptors (Lipinski definition) is 0. The van der Waals surface area contributed by atoms with Gasteiger partial charge in [-0.3, -0.25) is 0 Å². The van der Waals surface area contributed by atoms with Gasteiger partial charge in [0.1, 0.15) is 0 Å². The van der Waals surface area contributed by atoms with E-state index in [1.165, 1.54) is 37.4 Å². The molecule has 2 atom stereocenters. The van der Waals surface area contributed by atoms with Gasteiger partial charge in [-0.1, -0.05) is 42.1 Å². The van der Waals surface area contributed by atoms with Crippen LogP contribution in [0.25, 0.3) is 0 Å². The zero-order valence-corrected chi connectivity index (χ0v) is 8.36. The van der Waals surface area contributed by atoms with Gasteiger partial charge >= 0.3 is 0 Å². The highest BCUT2D eigenvalue weighted by atomic mass is 79.9. The Labute approximate surface area is 72.5 Å². The van der Waals surface area contributed by atoms with Gasteiger partial charge in [0.05, 0.1) is 0 Å². The van der Waals surface area contributed by atoms with Crippen molar-refractivity contribution in [3.63, 3.8) is 0 Å². The van der Waals surface area contributed by atoms with Crippen LogP contribution in [0.1, 0.15) is 39.0 Å². The second-order valence-electron chi connectivity index (χ2n) is 3.38. The monoisotopic (exact) mass is 204 g/mol. The van der Waals surface area contributed by atoms with Crippen LogP contribution in [0.15, 0.2) is 0 Å². The fourth-order valence-electron chi connectivity index (χ4n) is 1.62. The standard InChI is InChI=1S/C9H17Br/c1-2-3-4-8-7-9(8)5-6-10/h8-9H,2-7H2,1H3. The lowest BCUT2D eigenvalue weighted by atomic mass is 10.1. The van der Waals surface area contributed by atoms with Gasteiger partial charge in [-0.15, -0.1) is 0 Å². The van der Waals surface area contributed by atoms with Gasteiger partial charge < -0.3 is 0 Å². The molecule has 0 radical (unpaired) electrons. The van der Waals surface area contributed by atoms with Crippen molar-refractivity contribution in [2.45, 2.75) is 39.0 Å². The molecule has 1 aliphatic rings.